The van der Waals surface area contributed by atoms with Gasteiger partial charge in [0.1, 0.15) is 6.04 Å². The van der Waals surface area contributed by atoms with Crippen molar-refractivity contribution in [2.75, 3.05) is 7.11 Å². The lowest BCUT2D eigenvalue weighted by molar-refractivity contribution is -0.230. The van der Waals surface area contributed by atoms with E-state index in [1.54, 1.807) is 7.11 Å². The van der Waals surface area contributed by atoms with Gasteiger partial charge in [0, 0.05) is 17.9 Å². The molecule has 6 nitrogen and oxygen atoms in total. The summed E-state index contributed by atoms with van der Waals surface area (Å²) in [6.45, 7) is 10.6. The monoisotopic (exact) mass is 287 g/mol. The first kappa shape index (κ1) is 16.5. The van der Waals surface area contributed by atoms with Gasteiger partial charge in [-0.1, -0.05) is 19.0 Å². The Balaban J connectivity index is 3.03. The van der Waals surface area contributed by atoms with Crippen LogP contribution in [0.3, 0.4) is 0 Å². The molecule has 0 unspecified atom stereocenters. The third-order valence-electron chi connectivity index (χ3n) is 3.34. The third-order valence-corrected chi connectivity index (χ3v) is 4.32. The van der Waals surface area contributed by atoms with Crippen molar-refractivity contribution in [1.29, 1.82) is 0 Å². The molecule has 110 valence electrons. The lowest BCUT2D eigenvalue weighted by Gasteiger charge is -2.45. The summed E-state index contributed by atoms with van der Waals surface area (Å²) in [5.41, 5.74) is 8.76. The molecule has 0 aromatic rings. The minimum absolute atomic E-state index is 0.0662. The predicted molar refractivity (Wildman–Crippen MR) is 76.3 cm³/mol. The Kier molecular flexibility index (Phi) is 5.82. The summed E-state index contributed by atoms with van der Waals surface area (Å²) in [4.78, 5) is 2.92. The Labute approximate surface area is 116 Å². The van der Waals surface area contributed by atoms with Crippen LogP contribution in [0.1, 0.15) is 20.3 Å². The second kappa shape index (κ2) is 6.72. The number of methoxy groups -OCH3 is 1. The molecule has 0 spiro atoms. The van der Waals surface area contributed by atoms with Crippen molar-refractivity contribution in [1.82, 2.24) is 0 Å². The summed E-state index contributed by atoms with van der Waals surface area (Å²) in [7, 11) is -0.168. The fourth-order valence-corrected chi connectivity index (χ4v) is 3.65. The Hall–Kier alpha value is -0.593. The second-order valence-electron chi connectivity index (χ2n) is 5.94. The summed E-state index contributed by atoms with van der Waals surface area (Å²) in [5, 5.41) is 3.85. The molecule has 0 aliphatic carbocycles. The van der Waals surface area contributed by atoms with Crippen LogP contribution in [-0.2, 0) is 13.9 Å². The number of ether oxygens (including phenoxy) is 2. The molecule has 0 aromatic heterocycles. The van der Waals surface area contributed by atoms with E-state index in [1.807, 2.05) is 0 Å². The van der Waals surface area contributed by atoms with Crippen molar-refractivity contribution in [2.24, 2.45) is 11.0 Å². The SMILES string of the molecule is CC[C@H]1O[C@@H](OC)[C@H](N=[N+]=[N-])[C@@H](O[Si](C)(C)C)[C@H]1C. The zero-order chi connectivity index (χ0) is 14.6. The molecule has 1 saturated heterocycles. The fourth-order valence-electron chi connectivity index (χ4n) is 2.48. The molecule has 0 radical (unpaired) electrons. The van der Waals surface area contributed by atoms with Crippen molar-refractivity contribution < 1.29 is 13.9 Å². The van der Waals surface area contributed by atoms with E-state index >= 15 is 0 Å². The Bertz CT molecular complexity index is 342. The Morgan fingerprint density at radius 1 is 1.37 bits per heavy atom. The highest BCUT2D eigenvalue weighted by molar-refractivity contribution is 6.69. The van der Waals surface area contributed by atoms with Crippen LogP contribution in [0.2, 0.25) is 19.6 Å². The van der Waals surface area contributed by atoms with Gasteiger partial charge in [-0.25, -0.2) is 0 Å². The number of rotatable bonds is 5. The van der Waals surface area contributed by atoms with Crippen molar-refractivity contribution in [3.8, 4) is 0 Å². The van der Waals surface area contributed by atoms with Crippen LogP contribution >= 0.6 is 0 Å². The molecule has 0 saturated carbocycles. The van der Waals surface area contributed by atoms with Crippen LogP contribution in [-0.4, -0.2) is 40.0 Å². The van der Waals surface area contributed by atoms with Crippen LogP contribution in [0.25, 0.3) is 10.4 Å². The molecule has 1 aliphatic rings. The molecule has 0 N–H and O–H groups in total. The molecule has 19 heavy (non-hydrogen) atoms. The lowest BCUT2D eigenvalue weighted by Crippen LogP contribution is -2.56. The topological polar surface area (TPSA) is 76.5 Å². The minimum Gasteiger partial charge on any atom is -0.414 e. The lowest BCUT2D eigenvalue weighted by atomic mass is 9.88. The number of hydrogen-bond donors (Lipinski definition) is 0. The van der Waals surface area contributed by atoms with Crippen LogP contribution in [0, 0.1) is 5.92 Å². The van der Waals surface area contributed by atoms with E-state index in [9.17, 15) is 0 Å². The van der Waals surface area contributed by atoms with Crippen LogP contribution in [0.5, 0.6) is 0 Å². The number of hydrogen-bond acceptors (Lipinski definition) is 4. The quantitative estimate of drug-likeness (QED) is 0.337. The summed E-state index contributed by atoms with van der Waals surface area (Å²) in [6.07, 6.45) is 0.274. The van der Waals surface area contributed by atoms with Crippen LogP contribution in [0.15, 0.2) is 5.11 Å². The van der Waals surface area contributed by atoms with Gasteiger partial charge in [-0.3, -0.25) is 0 Å². The molecule has 0 aromatic carbocycles. The van der Waals surface area contributed by atoms with Gasteiger partial charge >= 0.3 is 0 Å². The molecule has 1 heterocycles. The Morgan fingerprint density at radius 3 is 2.42 bits per heavy atom. The zero-order valence-electron chi connectivity index (χ0n) is 12.7. The molecule has 5 atom stereocenters. The van der Waals surface area contributed by atoms with E-state index in [2.05, 4.69) is 43.5 Å². The van der Waals surface area contributed by atoms with Crippen molar-refractivity contribution >= 4 is 8.32 Å². The highest BCUT2D eigenvalue weighted by Crippen LogP contribution is 2.33. The molecule has 1 aliphatic heterocycles. The third kappa shape index (κ3) is 4.19. The molecule has 1 fully saturated rings. The van der Waals surface area contributed by atoms with E-state index in [-0.39, 0.29) is 18.1 Å². The fraction of sp³-hybridized carbons (Fsp3) is 1.00. The molecular weight excluding hydrogens is 262 g/mol. The zero-order valence-corrected chi connectivity index (χ0v) is 13.7. The smallest absolute Gasteiger partial charge is 0.184 e. The minimum atomic E-state index is -1.74. The van der Waals surface area contributed by atoms with Crippen molar-refractivity contribution in [2.45, 2.75) is 64.4 Å². The van der Waals surface area contributed by atoms with E-state index in [1.165, 1.54) is 0 Å². The first-order valence-electron chi connectivity index (χ1n) is 6.74. The maximum absolute atomic E-state index is 8.76. The normalized spacial score (nSPS) is 35.8. The average molecular weight is 287 g/mol. The van der Waals surface area contributed by atoms with Gasteiger partial charge < -0.3 is 13.9 Å². The number of azide groups is 1. The van der Waals surface area contributed by atoms with Crippen LogP contribution < -0.4 is 0 Å². The first-order chi connectivity index (χ1) is 8.84. The summed E-state index contributed by atoms with van der Waals surface area (Å²) < 4.78 is 17.4. The van der Waals surface area contributed by atoms with E-state index in [0.29, 0.717) is 0 Å². The summed E-state index contributed by atoms with van der Waals surface area (Å²) in [6, 6.07) is -0.431. The maximum Gasteiger partial charge on any atom is 0.184 e. The van der Waals surface area contributed by atoms with E-state index in [0.717, 1.165) is 6.42 Å². The van der Waals surface area contributed by atoms with Gasteiger partial charge in [-0.2, -0.15) is 0 Å². The van der Waals surface area contributed by atoms with Gasteiger partial charge in [-0.05, 0) is 31.6 Å². The van der Waals surface area contributed by atoms with Crippen molar-refractivity contribution in [3.63, 3.8) is 0 Å². The highest BCUT2D eigenvalue weighted by atomic mass is 28.4. The Morgan fingerprint density at radius 2 is 2.00 bits per heavy atom. The number of nitrogens with zero attached hydrogens (tertiary/aromatic N) is 3. The summed E-state index contributed by atoms with van der Waals surface area (Å²) >= 11 is 0. The average Bonchev–Trinajstić information content (AvgIpc) is 2.33. The maximum atomic E-state index is 8.76. The summed E-state index contributed by atoms with van der Waals surface area (Å²) in [5.74, 6) is 0.179. The molecule has 0 bridgehead atoms. The van der Waals surface area contributed by atoms with E-state index in [4.69, 9.17) is 19.4 Å². The molecule has 1 rings (SSSR count). The van der Waals surface area contributed by atoms with Crippen molar-refractivity contribution in [3.05, 3.63) is 10.4 Å². The predicted octanol–water partition coefficient (Wildman–Crippen LogP) is 3.30. The largest absolute Gasteiger partial charge is 0.414 e. The van der Waals surface area contributed by atoms with Crippen LogP contribution in [0.4, 0.5) is 0 Å². The van der Waals surface area contributed by atoms with Gasteiger partial charge in [0.2, 0.25) is 0 Å². The standard InChI is InChI=1S/C12H25N3O3Si/c1-7-9-8(2)11(18-19(4,5)6)10(14-15-13)12(16-3)17-9/h8-12H,7H2,1-6H3/t8-,9+,10+,11-,12+/m0/s1. The molecule has 0 amide bonds. The second-order valence-corrected chi connectivity index (χ2v) is 10.4. The van der Waals surface area contributed by atoms with Gasteiger partial charge in [-0.15, -0.1) is 0 Å². The molecular formula is C12H25N3O3Si. The van der Waals surface area contributed by atoms with Gasteiger partial charge in [0.15, 0.2) is 14.6 Å². The van der Waals surface area contributed by atoms with E-state index < -0.39 is 20.6 Å². The van der Waals surface area contributed by atoms with Gasteiger partial charge in [0.25, 0.3) is 0 Å². The molecule has 7 heteroatoms. The highest BCUT2D eigenvalue weighted by Gasteiger charge is 2.45. The first-order valence-corrected chi connectivity index (χ1v) is 10.1. The van der Waals surface area contributed by atoms with Gasteiger partial charge in [0.05, 0.1) is 12.2 Å².